The number of nitrogens with zero attached hydrogens (tertiary/aromatic N) is 1. The molecule has 168 valence electrons. The molecule has 1 aromatic heterocycles. The molecule has 1 saturated heterocycles. The molecule has 7 heteroatoms. The number of aliphatic hydroxyl groups excluding tert-OH is 1. The Labute approximate surface area is 193 Å². The lowest BCUT2D eigenvalue weighted by atomic mass is 9.94. The zero-order valence-corrected chi connectivity index (χ0v) is 18.0. The molecule has 0 saturated carbocycles. The lowest BCUT2D eigenvalue weighted by molar-refractivity contribution is -0.0585. The van der Waals surface area contributed by atoms with E-state index in [2.05, 4.69) is 41.2 Å². The summed E-state index contributed by atoms with van der Waals surface area (Å²) < 4.78 is 13.4. The Hall–Kier alpha value is -4.12. The summed E-state index contributed by atoms with van der Waals surface area (Å²) in [5.41, 5.74) is -1.12. The van der Waals surface area contributed by atoms with Crippen molar-refractivity contribution in [3.8, 4) is 18.1 Å². The number of hydrogen-bond donors (Lipinski definition) is 2. The number of terminal acetylenes is 1. The van der Waals surface area contributed by atoms with E-state index in [0.717, 1.165) is 32.3 Å². The Kier molecular flexibility index (Phi) is 4.66. The first-order valence-corrected chi connectivity index (χ1v) is 11.0. The third-order valence-corrected chi connectivity index (χ3v) is 6.50. The van der Waals surface area contributed by atoms with Crippen molar-refractivity contribution in [2.75, 3.05) is 0 Å². The average molecular weight is 452 g/mol. The van der Waals surface area contributed by atoms with Crippen molar-refractivity contribution < 1.29 is 14.6 Å². The van der Waals surface area contributed by atoms with Gasteiger partial charge in [0.1, 0.15) is 18.1 Å². The molecule has 0 aliphatic carbocycles. The highest BCUT2D eigenvalue weighted by molar-refractivity contribution is 6.24. The minimum Gasteiger partial charge on any atom is -0.474 e. The smallest absolute Gasteiger partial charge is 0.330 e. The molecule has 0 amide bonds. The minimum atomic E-state index is -0.954. The molecule has 1 aliphatic rings. The zero-order valence-electron chi connectivity index (χ0n) is 18.0. The number of aromatic amines is 1. The normalized spacial score (nSPS) is 21.2. The van der Waals surface area contributed by atoms with Crippen LogP contribution in [0.5, 0.6) is 5.75 Å². The Morgan fingerprint density at radius 3 is 2.47 bits per heavy atom. The maximum Gasteiger partial charge on any atom is 0.330 e. The number of nitrogens with one attached hydrogen (secondary N) is 1. The van der Waals surface area contributed by atoms with E-state index in [1.54, 1.807) is 0 Å². The summed E-state index contributed by atoms with van der Waals surface area (Å²) in [5.74, 6) is 3.19. The monoisotopic (exact) mass is 452 g/mol. The zero-order chi connectivity index (χ0) is 23.4. The van der Waals surface area contributed by atoms with Crippen molar-refractivity contribution in [1.82, 2.24) is 9.55 Å². The van der Waals surface area contributed by atoms with Gasteiger partial charge in [0, 0.05) is 29.5 Å². The predicted molar refractivity (Wildman–Crippen MR) is 129 cm³/mol. The predicted octanol–water partition coefficient (Wildman–Crippen LogP) is 3.16. The Bertz CT molecular complexity index is 1680. The summed E-state index contributed by atoms with van der Waals surface area (Å²) in [4.78, 5) is 25.7. The van der Waals surface area contributed by atoms with Crippen LogP contribution in [0.25, 0.3) is 32.3 Å². The highest BCUT2D eigenvalue weighted by Gasteiger charge is 2.41. The van der Waals surface area contributed by atoms with Crippen LogP contribution >= 0.6 is 0 Å². The second kappa shape index (κ2) is 7.73. The van der Waals surface area contributed by atoms with Gasteiger partial charge in [-0.25, -0.2) is 4.79 Å². The Morgan fingerprint density at radius 1 is 1.03 bits per heavy atom. The maximum atomic E-state index is 12.2. The lowest BCUT2D eigenvalue weighted by Crippen LogP contribution is -2.38. The highest BCUT2D eigenvalue weighted by atomic mass is 16.6. The van der Waals surface area contributed by atoms with Crippen LogP contribution in [0.1, 0.15) is 12.6 Å². The van der Waals surface area contributed by atoms with Crippen molar-refractivity contribution in [2.24, 2.45) is 0 Å². The van der Waals surface area contributed by atoms with Gasteiger partial charge >= 0.3 is 5.69 Å². The summed E-state index contributed by atoms with van der Waals surface area (Å²) in [6, 6.07) is 19.6. The Balaban J connectivity index is 1.36. The molecule has 1 aliphatic heterocycles. The van der Waals surface area contributed by atoms with Crippen LogP contribution in [-0.4, -0.2) is 33.0 Å². The second-order valence-electron chi connectivity index (χ2n) is 8.50. The fourth-order valence-electron chi connectivity index (χ4n) is 4.92. The molecule has 2 heterocycles. The van der Waals surface area contributed by atoms with E-state index in [1.165, 1.54) is 16.8 Å². The van der Waals surface area contributed by atoms with E-state index in [4.69, 9.17) is 15.9 Å². The van der Waals surface area contributed by atoms with Crippen LogP contribution in [0.15, 0.2) is 76.4 Å². The number of H-pyrrole nitrogens is 1. The molecule has 0 bridgehead atoms. The molecule has 1 unspecified atom stereocenters. The third kappa shape index (κ3) is 3.16. The van der Waals surface area contributed by atoms with Crippen molar-refractivity contribution >= 4 is 32.3 Å². The number of benzene rings is 4. The van der Waals surface area contributed by atoms with Crippen LogP contribution in [0, 0.1) is 12.3 Å². The van der Waals surface area contributed by atoms with E-state index in [1.807, 2.05) is 24.3 Å². The van der Waals surface area contributed by atoms with Gasteiger partial charge in [-0.3, -0.25) is 14.3 Å². The molecule has 0 radical (unpaired) electrons. The molecule has 4 aromatic carbocycles. The Morgan fingerprint density at radius 2 is 1.74 bits per heavy atom. The van der Waals surface area contributed by atoms with E-state index < -0.39 is 35.8 Å². The second-order valence-corrected chi connectivity index (χ2v) is 8.50. The topological polar surface area (TPSA) is 93.5 Å². The first-order chi connectivity index (χ1) is 16.5. The number of rotatable bonds is 4. The van der Waals surface area contributed by atoms with Gasteiger partial charge in [0.05, 0.1) is 6.10 Å². The summed E-state index contributed by atoms with van der Waals surface area (Å²) in [5, 5.41) is 17.2. The fourth-order valence-corrected chi connectivity index (χ4v) is 4.92. The number of hydrogen-bond acceptors (Lipinski definition) is 5. The van der Waals surface area contributed by atoms with Gasteiger partial charge in [-0.1, -0.05) is 48.4 Å². The molecule has 34 heavy (non-hydrogen) atoms. The summed E-state index contributed by atoms with van der Waals surface area (Å²) >= 11 is 0. The minimum absolute atomic E-state index is 0.136. The maximum absolute atomic E-state index is 12.2. The SMILES string of the molecule is C#CC(Oc1ccc2ccc3cccc4ccc1c2c34)[C@H]1O[C@@H](n2ccc(=O)[nH]c2=O)C[C@@H]1O. The van der Waals surface area contributed by atoms with E-state index in [0.29, 0.717) is 5.75 Å². The van der Waals surface area contributed by atoms with Gasteiger partial charge in [0.25, 0.3) is 5.56 Å². The van der Waals surface area contributed by atoms with Gasteiger partial charge in [-0.2, -0.15) is 0 Å². The van der Waals surface area contributed by atoms with Crippen LogP contribution in [0.4, 0.5) is 0 Å². The van der Waals surface area contributed by atoms with Crippen molar-refractivity contribution in [2.45, 2.75) is 31.0 Å². The third-order valence-electron chi connectivity index (χ3n) is 6.50. The standard InChI is InChI=1S/C27H20N2O5/c1-2-20(26-19(30)14-23(34-26)29-13-12-22(31)28-27(29)32)33-21-11-9-17-7-6-15-4-3-5-16-8-10-18(21)25(17)24(15)16/h1,3-13,19-20,23,26,30H,14H2,(H,28,31,32)/t19-,20?,23+,26-/m0/s1. The van der Waals surface area contributed by atoms with Crippen LogP contribution in [0.3, 0.4) is 0 Å². The lowest BCUT2D eigenvalue weighted by Gasteiger charge is -2.24. The molecule has 5 aromatic rings. The summed E-state index contributed by atoms with van der Waals surface area (Å²) in [6.07, 6.45) is 3.81. The van der Waals surface area contributed by atoms with E-state index >= 15 is 0 Å². The highest BCUT2D eigenvalue weighted by Crippen LogP contribution is 2.39. The first-order valence-electron chi connectivity index (χ1n) is 11.0. The van der Waals surface area contributed by atoms with Gasteiger partial charge in [-0.15, -0.1) is 6.42 Å². The average Bonchev–Trinajstić information content (AvgIpc) is 3.22. The molecule has 4 atom stereocenters. The van der Waals surface area contributed by atoms with E-state index in [9.17, 15) is 14.7 Å². The summed E-state index contributed by atoms with van der Waals surface area (Å²) in [7, 11) is 0. The number of ether oxygens (including phenoxy) is 2. The van der Waals surface area contributed by atoms with Crippen LogP contribution in [-0.2, 0) is 4.74 Å². The summed E-state index contributed by atoms with van der Waals surface area (Å²) in [6.45, 7) is 0. The molecule has 2 N–H and O–H groups in total. The van der Waals surface area contributed by atoms with Gasteiger partial charge in [-0.05, 0) is 33.7 Å². The molecule has 6 rings (SSSR count). The quantitative estimate of drug-likeness (QED) is 0.323. The van der Waals surface area contributed by atoms with Gasteiger partial charge in [0.15, 0.2) is 6.10 Å². The van der Waals surface area contributed by atoms with Crippen molar-refractivity contribution in [3.05, 3.63) is 87.7 Å². The first kappa shape index (κ1) is 20.5. The molecule has 1 fully saturated rings. The molecular weight excluding hydrogens is 432 g/mol. The van der Waals surface area contributed by atoms with Crippen LogP contribution in [0.2, 0.25) is 0 Å². The largest absolute Gasteiger partial charge is 0.474 e. The van der Waals surface area contributed by atoms with Gasteiger partial charge in [0.2, 0.25) is 0 Å². The van der Waals surface area contributed by atoms with Crippen molar-refractivity contribution in [1.29, 1.82) is 0 Å². The van der Waals surface area contributed by atoms with E-state index in [-0.39, 0.29) is 6.42 Å². The number of aromatic nitrogens is 2. The fraction of sp³-hybridized carbons (Fsp3) is 0.185. The number of aliphatic hydroxyl groups is 1. The molecule has 7 nitrogen and oxygen atoms in total. The van der Waals surface area contributed by atoms with Crippen molar-refractivity contribution in [3.63, 3.8) is 0 Å². The molecule has 0 spiro atoms. The van der Waals surface area contributed by atoms with Crippen LogP contribution < -0.4 is 16.0 Å². The molecular formula is C27H20N2O5. The van der Waals surface area contributed by atoms with Gasteiger partial charge < -0.3 is 14.6 Å².